The molecule has 0 radical (unpaired) electrons. The lowest BCUT2D eigenvalue weighted by Gasteiger charge is -2.19. The average molecular weight is 264 g/mol. The van der Waals surface area contributed by atoms with Gasteiger partial charge < -0.3 is 15.6 Å². The quantitative estimate of drug-likeness (QED) is 0.738. The molecule has 3 heterocycles. The predicted octanol–water partition coefficient (Wildman–Crippen LogP) is 1.72. The van der Waals surface area contributed by atoms with Crippen LogP contribution in [0.25, 0.3) is 0 Å². The van der Waals surface area contributed by atoms with E-state index in [1.807, 2.05) is 18.3 Å². The fourth-order valence-corrected chi connectivity index (χ4v) is 2.30. The molecule has 3 N–H and O–H groups in total. The minimum absolute atomic E-state index is 0.310. The highest BCUT2D eigenvalue weighted by molar-refractivity contribution is 6.28. The maximum Gasteiger partial charge on any atom is 0.224 e. The number of halogens is 1. The minimum atomic E-state index is 0.310. The van der Waals surface area contributed by atoms with Gasteiger partial charge in [0.2, 0.25) is 5.28 Å². The van der Waals surface area contributed by atoms with Crippen LogP contribution in [0.3, 0.4) is 0 Å². The van der Waals surface area contributed by atoms with Gasteiger partial charge in [0.05, 0.1) is 12.2 Å². The van der Waals surface area contributed by atoms with Crippen LogP contribution in [-0.2, 0) is 19.5 Å². The summed E-state index contributed by atoms with van der Waals surface area (Å²) in [5.74, 6) is 0.826. The summed E-state index contributed by atoms with van der Waals surface area (Å²) in [5, 5.41) is 6.94. The Balaban J connectivity index is 1.84. The van der Waals surface area contributed by atoms with Gasteiger partial charge in [0, 0.05) is 37.0 Å². The summed E-state index contributed by atoms with van der Waals surface area (Å²) in [7, 11) is 0. The van der Waals surface area contributed by atoms with Crippen LogP contribution in [0, 0.1) is 0 Å². The first-order valence-corrected chi connectivity index (χ1v) is 6.33. The van der Waals surface area contributed by atoms with Gasteiger partial charge in [-0.05, 0) is 23.7 Å². The number of aromatic amines is 1. The van der Waals surface area contributed by atoms with Gasteiger partial charge in [0.15, 0.2) is 0 Å². The second-order valence-corrected chi connectivity index (χ2v) is 4.58. The Kier molecular flexibility index (Phi) is 3.17. The number of nitrogens with one attached hydrogen (secondary N) is 3. The van der Waals surface area contributed by atoms with Crippen molar-refractivity contribution in [2.24, 2.45) is 0 Å². The first-order valence-electron chi connectivity index (χ1n) is 5.95. The molecule has 2 aromatic rings. The monoisotopic (exact) mass is 263 g/mol. The molecule has 0 saturated carbocycles. The summed E-state index contributed by atoms with van der Waals surface area (Å²) in [6.07, 6.45) is 2.80. The number of hydrogen-bond donors (Lipinski definition) is 3. The lowest BCUT2D eigenvalue weighted by Crippen LogP contribution is -2.26. The van der Waals surface area contributed by atoms with E-state index in [0.717, 1.165) is 42.3 Å². The van der Waals surface area contributed by atoms with Crippen LogP contribution in [0.4, 0.5) is 5.82 Å². The lowest BCUT2D eigenvalue weighted by molar-refractivity contribution is 0.627. The molecular formula is C12H14ClN5. The third kappa shape index (κ3) is 2.32. The third-order valence-electron chi connectivity index (χ3n) is 3.01. The number of nitrogens with zero attached hydrogens (tertiary/aromatic N) is 2. The van der Waals surface area contributed by atoms with Crippen molar-refractivity contribution >= 4 is 17.4 Å². The fraction of sp³-hybridized carbons (Fsp3) is 0.333. The van der Waals surface area contributed by atoms with Gasteiger partial charge in [0.1, 0.15) is 5.82 Å². The molecule has 5 nitrogen and oxygen atoms in total. The SMILES string of the molecule is Clc1nc2c(c(NCc3ccc[nH]3)n1)CNCC2. The summed E-state index contributed by atoms with van der Waals surface area (Å²) in [5.41, 5.74) is 3.28. The van der Waals surface area contributed by atoms with Gasteiger partial charge in [-0.15, -0.1) is 0 Å². The number of hydrogen-bond acceptors (Lipinski definition) is 4. The Morgan fingerprint density at radius 3 is 3.17 bits per heavy atom. The van der Waals surface area contributed by atoms with E-state index in [-0.39, 0.29) is 0 Å². The summed E-state index contributed by atoms with van der Waals surface area (Å²) in [6.45, 7) is 2.43. The van der Waals surface area contributed by atoms with Crippen molar-refractivity contribution in [3.63, 3.8) is 0 Å². The summed E-state index contributed by atoms with van der Waals surface area (Å²) < 4.78 is 0. The lowest BCUT2D eigenvalue weighted by atomic mass is 10.1. The molecular weight excluding hydrogens is 250 g/mol. The Labute approximate surface area is 110 Å². The first-order chi connectivity index (χ1) is 8.83. The highest BCUT2D eigenvalue weighted by Crippen LogP contribution is 2.22. The molecule has 0 aliphatic carbocycles. The normalized spacial score (nSPS) is 14.3. The Bertz CT molecular complexity index is 538. The van der Waals surface area contributed by atoms with Crippen LogP contribution in [0.5, 0.6) is 0 Å². The van der Waals surface area contributed by atoms with Gasteiger partial charge in [-0.1, -0.05) is 0 Å². The summed E-state index contributed by atoms with van der Waals surface area (Å²) in [4.78, 5) is 11.7. The fourth-order valence-electron chi connectivity index (χ4n) is 2.12. The van der Waals surface area contributed by atoms with E-state index in [2.05, 4.69) is 25.6 Å². The number of anilines is 1. The van der Waals surface area contributed by atoms with Gasteiger partial charge in [-0.2, -0.15) is 0 Å². The van der Waals surface area contributed by atoms with Crippen molar-refractivity contribution < 1.29 is 0 Å². The van der Waals surface area contributed by atoms with Crippen LogP contribution in [0.15, 0.2) is 18.3 Å². The van der Waals surface area contributed by atoms with Crippen molar-refractivity contribution in [3.05, 3.63) is 40.6 Å². The molecule has 94 valence electrons. The molecule has 1 aliphatic rings. The zero-order valence-corrected chi connectivity index (χ0v) is 10.6. The molecule has 0 atom stereocenters. The van der Waals surface area contributed by atoms with Crippen molar-refractivity contribution in [1.29, 1.82) is 0 Å². The van der Waals surface area contributed by atoms with E-state index in [1.54, 1.807) is 0 Å². The highest BCUT2D eigenvalue weighted by Gasteiger charge is 2.16. The largest absolute Gasteiger partial charge is 0.364 e. The molecule has 1 aliphatic heterocycles. The van der Waals surface area contributed by atoms with Crippen LogP contribution < -0.4 is 10.6 Å². The molecule has 0 unspecified atom stereocenters. The molecule has 18 heavy (non-hydrogen) atoms. The Morgan fingerprint density at radius 1 is 1.39 bits per heavy atom. The number of H-pyrrole nitrogens is 1. The molecule has 0 saturated heterocycles. The average Bonchev–Trinajstić information content (AvgIpc) is 2.89. The first kappa shape index (κ1) is 11.5. The number of rotatable bonds is 3. The van der Waals surface area contributed by atoms with Gasteiger partial charge in [-0.3, -0.25) is 0 Å². The van der Waals surface area contributed by atoms with Gasteiger partial charge >= 0.3 is 0 Å². The Morgan fingerprint density at radius 2 is 2.33 bits per heavy atom. The van der Waals surface area contributed by atoms with E-state index in [1.165, 1.54) is 0 Å². The van der Waals surface area contributed by atoms with Crippen molar-refractivity contribution in [2.45, 2.75) is 19.5 Å². The van der Waals surface area contributed by atoms with Crippen LogP contribution >= 0.6 is 11.6 Å². The molecule has 0 fully saturated rings. The highest BCUT2D eigenvalue weighted by atomic mass is 35.5. The standard InChI is InChI=1S/C12H14ClN5/c13-12-17-10-3-5-14-7-9(10)11(18-12)16-6-8-2-1-4-15-8/h1-2,4,14-15H,3,5-7H2,(H,16,17,18). The van der Waals surface area contributed by atoms with E-state index >= 15 is 0 Å². The minimum Gasteiger partial charge on any atom is -0.364 e. The molecule has 0 bridgehead atoms. The third-order valence-corrected chi connectivity index (χ3v) is 3.18. The van der Waals surface area contributed by atoms with Crippen molar-refractivity contribution in [1.82, 2.24) is 20.3 Å². The molecule has 0 aromatic carbocycles. The molecule has 0 spiro atoms. The van der Waals surface area contributed by atoms with E-state index in [9.17, 15) is 0 Å². The van der Waals surface area contributed by atoms with Crippen LogP contribution in [-0.4, -0.2) is 21.5 Å². The number of aromatic nitrogens is 3. The molecule has 0 amide bonds. The number of fused-ring (bicyclic) bond motifs is 1. The van der Waals surface area contributed by atoms with Gasteiger partial charge in [0.25, 0.3) is 0 Å². The maximum atomic E-state index is 5.95. The summed E-state index contributed by atoms with van der Waals surface area (Å²) in [6, 6.07) is 4.00. The second kappa shape index (κ2) is 4.96. The predicted molar refractivity (Wildman–Crippen MR) is 70.6 cm³/mol. The van der Waals surface area contributed by atoms with E-state index in [0.29, 0.717) is 11.8 Å². The Hall–Kier alpha value is -1.59. The topological polar surface area (TPSA) is 65.6 Å². The maximum absolute atomic E-state index is 5.95. The van der Waals surface area contributed by atoms with Crippen LogP contribution in [0.1, 0.15) is 17.0 Å². The second-order valence-electron chi connectivity index (χ2n) is 4.24. The van der Waals surface area contributed by atoms with E-state index < -0.39 is 0 Å². The molecule has 2 aromatic heterocycles. The van der Waals surface area contributed by atoms with Crippen LogP contribution in [0.2, 0.25) is 5.28 Å². The zero-order chi connectivity index (χ0) is 12.4. The van der Waals surface area contributed by atoms with Crippen molar-refractivity contribution in [2.75, 3.05) is 11.9 Å². The molecule has 6 heteroatoms. The van der Waals surface area contributed by atoms with E-state index in [4.69, 9.17) is 11.6 Å². The smallest absolute Gasteiger partial charge is 0.224 e. The molecule has 3 rings (SSSR count). The van der Waals surface area contributed by atoms with Gasteiger partial charge in [-0.25, -0.2) is 9.97 Å². The van der Waals surface area contributed by atoms with Crippen molar-refractivity contribution in [3.8, 4) is 0 Å². The zero-order valence-electron chi connectivity index (χ0n) is 9.83. The summed E-state index contributed by atoms with van der Waals surface area (Å²) >= 11 is 5.95.